The standard InChI is InChI=1S/C17H19N5/c1-12-8-15(9-18)20-17(19-12)22-11-14-6-4-5-7-16(14)21(3)10-13(22)2/h4-8,13H,10-11H2,1-3H3. The summed E-state index contributed by atoms with van der Waals surface area (Å²) < 4.78 is 0. The summed E-state index contributed by atoms with van der Waals surface area (Å²) in [5, 5.41) is 9.14. The summed E-state index contributed by atoms with van der Waals surface area (Å²) in [6.07, 6.45) is 0. The smallest absolute Gasteiger partial charge is 0.227 e. The average molecular weight is 293 g/mol. The van der Waals surface area contributed by atoms with Gasteiger partial charge in [0.15, 0.2) is 0 Å². The van der Waals surface area contributed by atoms with E-state index in [9.17, 15) is 0 Å². The molecule has 0 bridgehead atoms. The van der Waals surface area contributed by atoms with Crippen LogP contribution >= 0.6 is 0 Å². The number of anilines is 2. The van der Waals surface area contributed by atoms with Crippen molar-refractivity contribution in [1.29, 1.82) is 5.26 Å². The van der Waals surface area contributed by atoms with E-state index in [0.29, 0.717) is 11.6 Å². The molecule has 0 saturated carbocycles. The molecule has 0 aliphatic carbocycles. The fraction of sp³-hybridized carbons (Fsp3) is 0.353. The van der Waals surface area contributed by atoms with Gasteiger partial charge in [-0.2, -0.15) is 5.26 Å². The van der Waals surface area contributed by atoms with Crippen LogP contribution in [0.15, 0.2) is 30.3 Å². The van der Waals surface area contributed by atoms with E-state index in [2.05, 4.69) is 64.1 Å². The molecule has 112 valence electrons. The van der Waals surface area contributed by atoms with E-state index in [1.807, 2.05) is 6.92 Å². The molecule has 1 atom stereocenters. The van der Waals surface area contributed by atoms with E-state index < -0.39 is 0 Å². The van der Waals surface area contributed by atoms with Crippen molar-refractivity contribution in [2.75, 3.05) is 23.4 Å². The monoisotopic (exact) mass is 293 g/mol. The van der Waals surface area contributed by atoms with Crippen LogP contribution in [0, 0.1) is 18.3 Å². The van der Waals surface area contributed by atoms with E-state index in [-0.39, 0.29) is 6.04 Å². The molecular formula is C17H19N5. The van der Waals surface area contributed by atoms with Crippen molar-refractivity contribution >= 4 is 11.6 Å². The molecule has 1 aromatic heterocycles. The van der Waals surface area contributed by atoms with Crippen LogP contribution in [-0.4, -0.2) is 29.6 Å². The van der Waals surface area contributed by atoms with Crippen molar-refractivity contribution in [3.63, 3.8) is 0 Å². The third kappa shape index (κ3) is 2.60. The fourth-order valence-electron chi connectivity index (χ4n) is 2.96. The molecule has 0 amide bonds. The van der Waals surface area contributed by atoms with Crippen LogP contribution in [0.2, 0.25) is 0 Å². The molecular weight excluding hydrogens is 274 g/mol. The fourth-order valence-corrected chi connectivity index (χ4v) is 2.96. The molecule has 0 fully saturated rings. The van der Waals surface area contributed by atoms with Crippen molar-refractivity contribution in [1.82, 2.24) is 9.97 Å². The number of hydrogen-bond acceptors (Lipinski definition) is 5. The zero-order valence-corrected chi connectivity index (χ0v) is 13.1. The molecule has 0 N–H and O–H groups in total. The van der Waals surface area contributed by atoms with Crippen molar-refractivity contribution < 1.29 is 0 Å². The first-order valence-corrected chi connectivity index (χ1v) is 7.40. The van der Waals surface area contributed by atoms with Crippen LogP contribution < -0.4 is 9.80 Å². The van der Waals surface area contributed by atoms with Crippen molar-refractivity contribution in [2.45, 2.75) is 26.4 Å². The van der Waals surface area contributed by atoms with Crippen LogP contribution in [0.3, 0.4) is 0 Å². The first-order chi connectivity index (χ1) is 10.6. The number of para-hydroxylation sites is 1. The van der Waals surface area contributed by atoms with Crippen molar-refractivity contribution in [3.05, 3.63) is 47.3 Å². The van der Waals surface area contributed by atoms with E-state index in [1.165, 1.54) is 11.3 Å². The summed E-state index contributed by atoms with van der Waals surface area (Å²) in [6.45, 7) is 5.70. The highest BCUT2D eigenvalue weighted by atomic mass is 15.3. The minimum absolute atomic E-state index is 0.255. The highest BCUT2D eigenvalue weighted by molar-refractivity contribution is 5.57. The van der Waals surface area contributed by atoms with Gasteiger partial charge in [-0.25, -0.2) is 9.97 Å². The predicted molar refractivity (Wildman–Crippen MR) is 86.8 cm³/mol. The van der Waals surface area contributed by atoms with E-state index in [4.69, 9.17) is 5.26 Å². The third-order valence-corrected chi connectivity index (χ3v) is 4.03. The van der Waals surface area contributed by atoms with E-state index >= 15 is 0 Å². The van der Waals surface area contributed by atoms with Gasteiger partial charge in [-0.15, -0.1) is 0 Å². The number of benzene rings is 1. The Morgan fingerprint density at radius 2 is 2.05 bits per heavy atom. The lowest BCUT2D eigenvalue weighted by molar-refractivity contribution is 0.626. The van der Waals surface area contributed by atoms with Gasteiger partial charge in [0, 0.05) is 37.6 Å². The molecule has 1 unspecified atom stereocenters. The molecule has 3 rings (SSSR count). The van der Waals surface area contributed by atoms with Crippen molar-refractivity contribution in [3.8, 4) is 6.07 Å². The summed E-state index contributed by atoms with van der Waals surface area (Å²) in [5.74, 6) is 0.633. The largest absolute Gasteiger partial charge is 0.372 e. The van der Waals surface area contributed by atoms with E-state index in [0.717, 1.165) is 18.8 Å². The quantitative estimate of drug-likeness (QED) is 0.808. The summed E-state index contributed by atoms with van der Waals surface area (Å²) >= 11 is 0. The maximum atomic E-state index is 9.14. The number of nitriles is 1. The number of fused-ring (bicyclic) bond motifs is 1. The minimum Gasteiger partial charge on any atom is -0.372 e. The second-order valence-electron chi connectivity index (χ2n) is 5.79. The Labute approximate surface area is 130 Å². The predicted octanol–water partition coefficient (Wildman–Crippen LogP) is 2.50. The van der Waals surface area contributed by atoms with Gasteiger partial charge in [-0.1, -0.05) is 18.2 Å². The number of likely N-dealkylation sites (N-methyl/N-ethyl adjacent to an activating group) is 1. The first kappa shape index (κ1) is 14.3. The lowest BCUT2D eigenvalue weighted by atomic mass is 10.1. The van der Waals surface area contributed by atoms with Gasteiger partial charge in [0.1, 0.15) is 11.8 Å². The molecule has 5 heteroatoms. The Morgan fingerprint density at radius 1 is 1.27 bits per heavy atom. The van der Waals surface area contributed by atoms with Gasteiger partial charge in [0.2, 0.25) is 5.95 Å². The maximum absolute atomic E-state index is 9.14. The molecule has 0 radical (unpaired) electrons. The van der Waals surface area contributed by atoms with Gasteiger partial charge in [0.25, 0.3) is 0 Å². The van der Waals surface area contributed by atoms with Gasteiger partial charge >= 0.3 is 0 Å². The van der Waals surface area contributed by atoms with Crippen LogP contribution in [0.1, 0.15) is 23.9 Å². The molecule has 5 nitrogen and oxygen atoms in total. The number of hydrogen-bond donors (Lipinski definition) is 0. The third-order valence-electron chi connectivity index (χ3n) is 4.03. The molecule has 1 aliphatic heterocycles. The Kier molecular flexibility index (Phi) is 3.68. The van der Waals surface area contributed by atoms with Crippen LogP contribution in [0.25, 0.3) is 0 Å². The second kappa shape index (κ2) is 5.64. The highest BCUT2D eigenvalue weighted by Crippen LogP contribution is 2.28. The Hall–Kier alpha value is -2.61. The summed E-state index contributed by atoms with van der Waals surface area (Å²) in [6, 6.07) is 12.5. The molecule has 1 aromatic carbocycles. The zero-order valence-electron chi connectivity index (χ0n) is 13.1. The lowest BCUT2D eigenvalue weighted by Gasteiger charge is -2.28. The van der Waals surface area contributed by atoms with E-state index in [1.54, 1.807) is 6.07 Å². The Morgan fingerprint density at radius 3 is 2.82 bits per heavy atom. The van der Waals surface area contributed by atoms with Gasteiger partial charge in [-0.05, 0) is 31.5 Å². The molecule has 2 heterocycles. The first-order valence-electron chi connectivity index (χ1n) is 7.40. The lowest BCUT2D eigenvalue weighted by Crippen LogP contribution is -2.39. The molecule has 0 saturated heterocycles. The second-order valence-corrected chi connectivity index (χ2v) is 5.79. The molecule has 0 spiro atoms. The Balaban J connectivity index is 2.04. The minimum atomic E-state index is 0.255. The van der Waals surface area contributed by atoms with Crippen LogP contribution in [0.4, 0.5) is 11.6 Å². The summed E-state index contributed by atoms with van der Waals surface area (Å²) in [4.78, 5) is 13.4. The number of rotatable bonds is 1. The molecule has 2 aromatic rings. The van der Waals surface area contributed by atoms with Crippen LogP contribution in [0.5, 0.6) is 0 Å². The van der Waals surface area contributed by atoms with Gasteiger partial charge in [0.05, 0.1) is 0 Å². The molecule has 22 heavy (non-hydrogen) atoms. The zero-order chi connectivity index (χ0) is 15.7. The van der Waals surface area contributed by atoms with Crippen molar-refractivity contribution in [2.24, 2.45) is 0 Å². The molecule has 1 aliphatic rings. The average Bonchev–Trinajstić information content (AvgIpc) is 2.63. The van der Waals surface area contributed by atoms with Gasteiger partial charge in [-0.3, -0.25) is 0 Å². The topological polar surface area (TPSA) is 56.1 Å². The Bertz CT molecular complexity index is 734. The maximum Gasteiger partial charge on any atom is 0.227 e. The highest BCUT2D eigenvalue weighted by Gasteiger charge is 2.25. The summed E-state index contributed by atoms with van der Waals surface area (Å²) in [7, 11) is 2.11. The normalized spacial score (nSPS) is 17.6. The summed E-state index contributed by atoms with van der Waals surface area (Å²) in [5.41, 5.74) is 3.73. The number of nitrogens with zero attached hydrogens (tertiary/aromatic N) is 5. The van der Waals surface area contributed by atoms with Crippen LogP contribution in [-0.2, 0) is 6.54 Å². The van der Waals surface area contributed by atoms with Gasteiger partial charge < -0.3 is 9.80 Å². The number of aryl methyl sites for hydroxylation is 1. The SMILES string of the molecule is Cc1cc(C#N)nc(N2Cc3ccccc3N(C)CC2C)n1. The number of aromatic nitrogens is 2.